The molecule has 1 aliphatic rings. The molecule has 68 valence electrons. The van der Waals surface area contributed by atoms with Gasteiger partial charge >= 0.3 is 0 Å². The molecule has 0 radical (unpaired) electrons. The minimum absolute atomic E-state index is 0.162. The predicted octanol–water partition coefficient (Wildman–Crippen LogP) is 2.24. The molecule has 0 aromatic heterocycles. The summed E-state index contributed by atoms with van der Waals surface area (Å²) in [4.78, 5) is 0. The number of hydrogen-bond acceptors (Lipinski definition) is 2. The van der Waals surface area contributed by atoms with Crippen LogP contribution in [0.3, 0.4) is 0 Å². The van der Waals surface area contributed by atoms with Gasteiger partial charge in [-0.2, -0.15) is 0 Å². The van der Waals surface area contributed by atoms with Crippen LogP contribution >= 0.6 is 0 Å². The van der Waals surface area contributed by atoms with Crippen molar-refractivity contribution in [3.05, 3.63) is 47.5 Å². The van der Waals surface area contributed by atoms with Gasteiger partial charge in [-0.15, -0.1) is 6.58 Å². The van der Waals surface area contributed by atoms with Crippen LogP contribution in [0.25, 0.3) is 0 Å². The number of rotatable bonds is 1. The van der Waals surface area contributed by atoms with Gasteiger partial charge in [-0.3, -0.25) is 0 Å². The Hall–Kier alpha value is -1.12. The molecule has 1 heterocycles. The fourth-order valence-electron chi connectivity index (χ4n) is 1.63. The summed E-state index contributed by atoms with van der Waals surface area (Å²) in [5, 5.41) is 9.50. The summed E-state index contributed by atoms with van der Waals surface area (Å²) in [6.07, 6.45) is 0.748. The first-order valence-electron chi connectivity index (χ1n) is 4.29. The Morgan fingerprint density at radius 3 is 2.92 bits per heavy atom. The fourth-order valence-corrected chi connectivity index (χ4v) is 1.63. The van der Waals surface area contributed by atoms with Crippen LogP contribution < -0.4 is 0 Å². The molecule has 1 aromatic carbocycles. The smallest absolute Gasteiger partial charge is 0.182 e. The van der Waals surface area contributed by atoms with E-state index in [1.54, 1.807) is 6.08 Å². The van der Waals surface area contributed by atoms with E-state index in [1.165, 1.54) is 5.56 Å². The van der Waals surface area contributed by atoms with Gasteiger partial charge in [0.25, 0.3) is 0 Å². The minimum Gasteiger partial charge on any atom is -0.364 e. The van der Waals surface area contributed by atoms with Crippen LogP contribution in [0.5, 0.6) is 0 Å². The Kier molecular flexibility index (Phi) is 1.94. The van der Waals surface area contributed by atoms with E-state index < -0.39 is 6.29 Å². The lowest BCUT2D eigenvalue weighted by Gasteiger charge is -2.04. The van der Waals surface area contributed by atoms with Crippen molar-refractivity contribution in [3.63, 3.8) is 0 Å². The van der Waals surface area contributed by atoms with Crippen molar-refractivity contribution >= 4 is 0 Å². The summed E-state index contributed by atoms with van der Waals surface area (Å²) in [6.45, 7) is 5.69. The minimum atomic E-state index is -0.793. The Morgan fingerprint density at radius 1 is 1.46 bits per heavy atom. The molecule has 1 N–H and O–H groups in total. The maximum atomic E-state index is 9.50. The average Bonchev–Trinajstić information content (AvgIpc) is 2.42. The third-order valence-corrected chi connectivity index (χ3v) is 2.30. The van der Waals surface area contributed by atoms with Crippen LogP contribution in [0.1, 0.15) is 29.1 Å². The van der Waals surface area contributed by atoms with Gasteiger partial charge in [0.15, 0.2) is 6.29 Å². The molecule has 0 amide bonds. The van der Waals surface area contributed by atoms with Crippen molar-refractivity contribution in [3.8, 4) is 0 Å². The molecular formula is C11H12O2. The zero-order chi connectivity index (χ0) is 9.42. The largest absolute Gasteiger partial charge is 0.364 e. The van der Waals surface area contributed by atoms with Crippen molar-refractivity contribution in [1.82, 2.24) is 0 Å². The summed E-state index contributed by atoms with van der Waals surface area (Å²) in [5.74, 6) is 0. The van der Waals surface area contributed by atoms with Gasteiger partial charge in [0.05, 0.1) is 0 Å². The predicted molar refractivity (Wildman–Crippen MR) is 50.2 cm³/mol. The van der Waals surface area contributed by atoms with Crippen LogP contribution in [0.15, 0.2) is 30.9 Å². The number of hydrogen-bond donors (Lipinski definition) is 1. The van der Waals surface area contributed by atoms with Gasteiger partial charge in [0.1, 0.15) is 6.10 Å². The molecule has 0 bridgehead atoms. The molecule has 1 aromatic rings. The first-order valence-corrected chi connectivity index (χ1v) is 4.29. The first kappa shape index (κ1) is 8.48. The Bertz CT molecular complexity index is 344. The van der Waals surface area contributed by atoms with Crippen molar-refractivity contribution in [2.24, 2.45) is 0 Å². The van der Waals surface area contributed by atoms with E-state index in [2.05, 4.69) is 6.58 Å². The normalized spacial score (nSPS) is 25.7. The van der Waals surface area contributed by atoms with Crippen molar-refractivity contribution in [1.29, 1.82) is 0 Å². The molecular weight excluding hydrogens is 164 g/mol. The molecule has 0 spiro atoms. The lowest BCUT2D eigenvalue weighted by Crippen LogP contribution is -1.93. The van der Waals surface area contributed by atoms with E-state index >= 15 is 0 Å². The number of fused-ring (bicyclic) bond motifs is 1. The first-order chi connectivity index (χ1) is 6.22. The average molecular weight is 176 g/mol. The quantitative estimate of drug-likeness (QED) is 0.665. The Balaban J connectivity index is 2.52. The molecule has 0 aliphatic carbocycles. The topological polar surface area (TPSA) is 29.5 Å². The van der Waals surface area contributed by atoms with Gasteiger partial charge in [0.2, 0.25) is 0 Å². The van der Waals surface area contributed by atoms with Crippen molar-refractivity contribution < 1.29 is 9.84 Å². The summed E-state index contributed by atoms with van der Waals surface area (Å²) in [7, 11) is 0. The lowest BCUT2D eigenvalue weighted by molar-refractivity contribution is -0.106. The summed E-state index contributed by atoms with van der Waals surface area (Å²) >= 11 is 0. The lowest BCUT2D eigenvalue weighted by atomic mass is 10.0. The second-order valence-corrected chi connectivity index (χ2v) is 3.28. The second kappa shape index (κ2) is 2.98. The van der Waals surface area contributed by atoms with E-state index in [4.69, 9.17) is 4.74 Å². The highest BCUT2D eigenvalue weighted by Gasteiger charge is 2.27. The SMILES string of the molecule is C=CC1OC(O)c2ccc(C)cc21. The number of aliphatic hydroxyl groups excluding tert-OH is 1. The Labute approximate surface area is 77.5 Å². The van der Waals surface area contributed by atoms with Gasteiger partial charge in [-0.1, -0.05) is 29.8 Å². The van der Waals surface area contributed by atoms with E-state index in [0.717, 1.165) is 11.1 Å². The zero-order valence-electron chi connectivity index (χ0n) is 7.53. The van der Waals surface area contributed by atoms with Crippen LogP contribution in [-0.4, -0.2) is 5.11 Å². The molecule has 1 aliphatic heterocycles. The number of ether oxygens (including phenoxy) is 1. The van der Waals surface area contributed by atoms with Crippen molar-refractivity contribution in [2.75, 3.05) is 0 Å². The van der Waals surface area contributed by atoms with Gasteiger partial charge in [-0.05, 0) is 12.5 Å². The summed E-state index contributed by atoms with van der Waals surface area (Å²) in [6, 6.07) is 5.90. The number of benzene rings is 1. The third kappa shape index (κ3) is 1.28. The summed E-state index contributed by atoms with van der Waals surface area (Å²) in [5.41, 5.74) is 3.06. The van der Waals surface area contributed by atoms with Crippen LogP contribution in [0.2, 0.25) is 0 Å². The van der Waals surface area contributed by atoms with E-state index in [0.29, 0.717) is 0 Å². The number of aliphatic hydroxyl groups is 1. The van der Waals surface area contributed by atoms with E-state index in [1.807, 2.05) is 25.1 Å². The van der Waals surface area contributed by atoms with E-state index in [-0.39, 0.29) is 6.10 Å². The maximum absolute atomic E-state index is 9.50. The molecule has 0 fully saturated rings. The number of aryl methyl sites for hydroxylation is 1. The van der Waals surface area contributed by atoms with Crippen LogP contribution in [0.4, 0.5) is 0 Å². The van der Waals surface area contributed by atoms with Gasteiger partial charge < -0.3 is 9.84 Å². The van der Waals surface area contributed by atoms with E-state index in [9.17, 15) is 5.11 Å². The van der Waals surface area contributed by atoms with Crippen LogP contribution in [0, 0.1) is 6.92 Å². The molecule has 2 unspecified atom stereocenters. The molecule has 2 rings (SSSR count). The molecule has 0 saturated carbocycles. The monoisotopic (exact) mass is 176 g/mol. The molecule has 0 saturated heterocycles. The summed E-state index contributed by atoms with van der Waals surface area (Å²) < 4.78 is 5.27. The zero-order valence-corrected chi connectivity index (χ0v) is 7.53. The highest BCUT2D eigenvalue weighted by molar-refractivity contribution is 5.38. The third-order valence-electron chi connectivity index (χ3n) is 2.30. The molecule has 2 heteroatoms. The van der Waals surface area contributed by atoms with Gasteiger partial charge in [0, 0.05) is 5.56 Å². The highest BCUT2D eigenvalue weighted by atomic mass is 16.6. The molecule has 13 heavy (non-hydrogen) atoms. The fraction of sp³-hybridized carbons (Fsp3) is 0.273. The standard InChI is InChI=1S/C11H12O2/c1-3-10-9-6-7(2)4-5-8(9)11(12)13-10/h3-6,10-12H,1H2,2H3. The molecule has 2 nitrogen and oxygen atoms in total. The Morgan fingerprint density at radius 2 is 2.23 bits per heavy atom. The van der Waals surface area contributed by atoms with Gasteiger partial charge in [-0.25, -0.2) is 0 Å². The highest BCUT2D eigenvalue weighted by Crippen LogP contribution is 2.38. The second-order valence-electron chi connectivity index (χ2n) is 3.28. The van der Waals surface area contributed by atoms with Crippen molar-refractivity contribution in [2.45, 2.75) is 19.3 Å². The maximum Gasteiger partial charge on any atom is 0.182 e. The van der Waals surface area contributed by atoms with Crippen LogP contribution in [-0.2, 0) is 4.74 Å². The molecule has 2 atom stereocenters.